The molecular weight excluding hydrogens is 168 g/mol. The lowest BCUT2D eigenvalue weighted by Crippen LogP contribution is -1.88. The van der Waals surface area contributed by atoms with Crippen LogP contribution in [0, 0.1) is 0 Å². The zero-order chi connectivity index (χ0) is 9.94. The van der Waals surface area contributed by atoms with Crippen LogP contribution in [0.2, 0.25) is 0 Å². The number of hydrogen-bond donors (Lipinski definition) is 0. The summed E-state index contributed by atoms with van der Waals surface area (Å²) < 4.78 is 0. The monoisotopic (exact) mass is 180 g/mol. The normalized spacial score (nSPS) is 8.31. The maximum atomic E-state index is 9.71. The summed E-state index contributed by atoms with van der Waals surface area (Å²) >= 11 is 0. The van der Waals surface area contributed by atoms with Gasteiger partial charge in [0.2, 0.25) is 12.2 Å². The number of isocyanates is 2. The first-order chi connectivity index (χ1) is 6.31. The molecular formula is C9H12N2O2. The van der Waals surface area contributed by atoms with Crippen LogP contribution in [0.15, 0.2) is 22.1 Å². The van der Waals surface area contributed by atoms with Crippen molar-refractivity contribution in [3.05, 3.63) is 12.2 Å². The third-order valence-electron chi connectivity index (χ3n) is 1.51. The molecule has 0 heterocycles. The SMILES string of the molecule is C=C(CCCN=C=O)CCN=C=O. The van der Waals surface area contributed by atoms with Gasteiger partial charge >= 0.3 is 0 Å². The Kier molecular flexibility index (Phi) is 7.60. The Bertz CT molecular complexity index is 248. The van der Waals surface area contributed by atoms with E-state index in [1.807, 2.05) is 0 Å². The molecule has 0 rings (SSSR count). The number of carbonyl (C=O) groups excluding carboxylic acids is 2. The number of rotatable bonds is 7. The first kappa shape index (κ1) is 11.5. The highest BCUT2D eigenvalue weighted by Gasteiger charge is 1.93. The molecule has 4 heteroatoms. The topological polar surface area (TPSA) is 58.9 Å². The molecule has 0 unspecified atom stereocenters. The summed E-state index contributed by atoms with van der Waals surface area (Å²) in [5.74, 6) is 0. The van der Waals surface area contributed by atoms with Crippen LogP contribution >= 0.6 is 0 Å². The van der Waals surface area contributed by atoms with Crippen LogP contribution in [0.1, 0.15) is 19.3 Å². The Morgan fingerprint density at radius 3 is 2.31 bits per heavy atom. The van der Waals surface area contributed by atoms with Crippen molar-refractivity contribution in [3.8, 4) is 0 Å². The fourth-order valence-electron chi connectivity index (χ4n) is 0.838. The minimum atomic E-state index is 0.444. The van der Waals surface area contributed by atoms with Gasteiger partial charge in [-0.15, -0.1) is 0 Å². The highest BCUT2D eigenvalue weighted by molar-refractivity contribution is 5.33. The van der Waals surface area contributed by atoms with E-state index in [0.717, 1.165) is 18.4 Å². The van der Waals surface area contributed by atoms with Gasteiger partial charge in [-0.05, 0) is 19.3 Å². The zero-order valence-corrected chi connectivity index (χ0v) is 7.45. The van der Waals surface area contributed by atoms with Crippen molar-refractivity contribution in [2.75, 3.05) is 13.1 Å². The maximum absolute atomic E-state index is 9.71. The first-order valence-electron chi connectivity index (χ1n) is 4.05. The van der Waals surface area contributed by atoms with Crippen molar-refractivity contribution in [1.29, 1.82) is 0 Å². The summed E-state index contributed by atoms with van der Waals surface area (Å²) in [6.07, 6.45) is 5.22. The first-order valence-corrected chi connectivity index (χ1v) is 4.05. The maximum Gasteiger partial charge on any atom is 0.234 e. The van der Waals surface area contributed by atoms with Crippen molar-refractivity contribution in [2.45, 2.75) is 19.3 Å². The van der Waals surface area contributed by atoms with Crippen molar-refractivity contribution >= 4 is 12.2 Å². The number of nitrogens with zero attached hydrogens (tertiary/aromatic N) is 2. The zero-order valence-electron chi connectivity index (χ0n) is 7.45. The van der Waals surface area contributed by atoms with E-state index in [1.165, 1.54) is 12.2 Å². The number of hydrogen-bond acceptors (Lipinski definition) is 4. The molecule has 0 atom stereocenters. The van der Waals surface area contributed by atoms with E-state index in [0.29, 0.717) is 19.5 Å². The van der Waals surface area contributed by atoms with Gasteiger partial charge in [-0.25, -0.2) is 19.6 Å². The summed E-state index contributed by atoms with van der Waals surface area (Å²) in [6, 6.07) is 0. The Balaban J connectivity index is 3.40. The molecule has 0 fully saturated rings. The molecule has 0 aliphatic rings. The van der Waals surface area contributed by atoms with E-state index in [2.05, 4.69) is 16.6 Å². The Morgan fingerprint density at radius 2 is 1.69 bits per heavy atom. The second kappa shape index (κ2) is 8.60. The highest BCUT2D eigenvalue weighted by atomic mass is 16.1. The second-order valence-electron chi connectivity index (χ2n) is 2.55. The fraction of sp³-hybridized carbons (Fsp3) is 0.556. The van der Waals surface area contributed by atoms with Gasteiger partial charge in [0.05, 0.1) is 13.1 Å². The standard InChI is InChI=1S/C9H12N2O2/c1-9(4-6-11-8-13)3-2-5-10-7-12/h1-6H2. The van der Waals surface area contributed by atoms with Crippen LogP contribution in [0.5, 0.6) is 0 Å². The van der Waals surface area contributed by atoms with E-state index < -0.39 is 0 Å². The van der Waals surface area contributed by atoms with Gasteiger partial charge in [-0.3, -0.25) is 0 Å². The van der Waals surface area contributed by atoms with Gasteiger partial charge in [0.15, 0.2) is 0 Å². The highest BCUT2D eigenvalue weighted by Crippen LogP contribution is 2.06. The van der Waals surface area contributed by atoms with Crippen LogP contribution in [-0.2, 0) is 9.59 Å². The summed E-state index contributed by atoms with van der Waals surface area (Å²) in [7, 11) is 0. The van der Waals surface area contributed by atoms with Gasteiger partial charge in [0.1, 0.15) is 0 Å². The van der Waals surface area contributed by atoms with E-state index in [4.69, 9.17) is 0 Å². The van der Waals surface area contributed by atoms with Crippen LogP contribution < -0.4 is 0 Å². The molecule has 0 N–H and O–H groups in total. The van der Waals surface area contributed by atoms with Gasteiger partial charge in [-0.1, -0.05) is 12.2 Å². The summed E-state index contributed by atoms with van der Waals surface area (Å²) in [5, 5.41) is 0. The summed E-state index contributed by atoms with van der Waals surface area (Å²) in [4.78, 5) is 26.2. The Morgan fingerprint density at radius 1 is 1.08 bits per heavy atom. The van der Waals surface area contributed by atoms with Crippen LogP contribution in [0.4, 0.5) is 0 Å². The lowest BCUT2D eigenvalue weighted by Gasteiger charge is -1.99. The lowest BCUT2D eigenvalue weighted by molar-refractivity contribution is 0.561. The van der Waals surface area contributed by atoms with E-state index >= 15 is 0 Å². The molecule has 0 amide bonds. The van der Waals surface area contributed by atoms with Gasteiger partial charge in [-0.2, -0.15) is 0 Å². The minimum Gasteiger partial charge on any atom is -0.211 e. The third kappa shape index (κ3) is 8.41. The van der Waals surface area contributed by atoms with Crippen LogP contribution in [0.25, 0.3) is 0 Å². The molecule has 0 spiro atoms. The number of aliphatic imine (C=N–C) groups is 2. The molecule has 0 radical (unpaired) electrons. The predicted octanol–water partition coefficient (Wildman–Crippen LogP) is 1.38. The molecule has 70 valence electrons. The van der Waals surface area contributed by atoms with Gasteiger partial charge in [0.25, 0.3) is 0 Å². The Labute approximate surface area is 77.1 Å². The van der Waals surface area contributed by atoms with Crippen molar-refractivity contribution in [1.82, 2.24) is 0 Å². The largest absolute Gasteiger partial charge is 0.234 e. The molecule has 0 aromatic carbocycles. The predicted molar refractivity (Wildman–Crippen MR) is 49.0 cm³/mol. The summed E-state index contributed by atoms with van der Waals surface area (Å²) in [5.41, 5.74) is 1.01. The third-order valence-corrected chi connectivity index (χ3v) is 1.51. The quantitative estimate of drug-likeness (QED) is 0.257. The van der Waals surface area contributed by atoms with E-state index in [-0.39, 0.29) is 0 Å². The minimum absolute atomic E-state index is 0.444. The average molecular weight is 180 g/mol. The van der Waals surface area contributed by atoms with Gasteiger partial charge in [0, 0.05) is 0 Å². The van der Waals surface area contributed by atoms with Crippen LogP contribution in [0.3, 0.4) is 0 Å². The summed E-state index contributed by atoms with van der Waals surface area (Å²) in [6.45, 7) is 4.72. The lowest BCUT2D eigenvalue weighted by atomic mass is 10.1. The molecule has 0 aromatic heterocycles. The molecule has 0 aliphatic carbocycles. The molecule has 0 aromatic rings. The van der Waals surface area contributed by atoms with Gasteiger partial charge < -0.3 is 0 Å². The molecule has 4 nitrogen and oxygen atoms in total. The van der Waals surface area contributed by atoms with Crippen LogP contribution in [-0.4, -0.2) is 25.2 Å². The van der Waals surface area contributed by atoms with Crippen molar-refractivity contribution in [2.24, 2.45) is 9.98 Å². The molecule has 0 aliphatic heterocycles. The fourth-order valence-corrected chi connectivity index (χ4v) is 0.838. The smallest absolute Gasteiger partial charge is 0.211 e. The molecule has 0 bridgehead atoms. The Hall–Kier alpha value is -1.50. The van der Waals surface area contributed by atoms with Crippen molar-refractivity contribution in [3.63, 3.8) is 0 Å². The molecule has 0 saturated carbocycles. The van der Waals surface area contributed by atoms with Crippen molar-refractivity contribution < 1.29 is 9.59 Å². The average Bonchev–Trinajstić information content (AvgIpc) is 2.13. The van der Waals surface area contributed by atoms with E-state index in [9.17, 15) is 9.59 Å². The molecule has 13 heavy (non-hydrogen) atoms. The van der Waals surface area contributed by atoms with E-state index in [1.54, 1.807) is 0 Å². The second-order valence-corrected chi connectivity index (χ2v) is 2.55. The molecule has 0 saturated heterocycles.